The van der Waals surface area contributed by atoms with Gasteiger partial charge in [0.15, 0.2) is 5.78 Å². The number of carbonyl (C=O) groups is 2. The second-order valence-corrected chi connectivity index (χ2v) is 8.69. The Kier molecular flexibility index (Phi) is 6.60. The van der Waals surface area contributed by atoms with Crippen molar-refractivity contribution in [1.82, 2.24) is 9.78 Å². The summed E-state index contributed by atoms with van der Waals surface area (Å²) in [6, 6.07) is 15.4. The highest BCUT2D eigenvalue weighted by Crippen LogP contribution is 2.24. The standard InChI is InChI=1S/C25H25ClN4O3/c1-16-5-10-21(14-22(16)26)30-24(32)12-11-23(28-30)29-13-3-4-19(15-29)25(33)27-20-8-6-18(7-9-20)17(2)31/h5-12,14,19H,3-4,13,15H2,1-2H3,(H,27,33). The van der Waals surface area contributed by atoms with Crippen LogP contribution in [-0.4, -0.2) is 34.6 Å². The maximum absolute atomic E-state index is 12.9. The average Bonchev–Trinajstić information content (AvgIpc) is 2.81. The minimum Gasteiger partial charge on any atom is -0.354 e. The van der Waals surface area contributed by atoms with Gasteiger partial charge in [-0.3, -0.25) is 14.4 Å². The van der Waals surface area contributed by atoms with Crippen molar-refractivity contribution in [2.75, 3.05) is 23.3 Å². The predicted octanol–water partition coefficient (Wildman–Crippen LogP) is 4.25. The summed E-state index contributed by atoms with van der Waals surface area (Å²) in [6.07, 6.45) is 1.60. The first-order valence-corrected chi connectivity index (χ1v) is 11.2. The summed E-state index contributed by atoms with van der Waals surface area (Å²) in [7, 11) is 0. The third-order valence-electron chi connectivity index (χ3n) is 5.86. The van der Waals surface area contributed by atoms with Gasteiger partial charge in [0.1, 0.15) is 5.82 Å². The third kappa shape index (κ3) is 5.14. The third-order valence-corrected chi connectivity index (χ3v) is 6.27. The quantitative estimate of drug-likeness (QED) is 0.570. The summed E-state index contributed by atoms with van der Waals surface area (Å²) in [5, 5.41) is 8.06. The molecule has 0 radical (unpaired) electrons. The van der Waals surface area contributed by atoms with Crippen LogP contribution in [0.3, 0.4) is 0 Å². The largest absolute Gasteiger partial charge is 0.354 e. The second-order valence-electron chi connectivity index (χ2n) is 8.28. The molecule has 0 aliphatic carbocycles. The van der Waals surface area contributed by atoms with Crippen LogP contribution in [0.1, 0.15) is 35.7 Å². The van der Waals surface area contributed by atoms with E-state index in [0.717, 1.165) is 24.9 Å². The van der Waals surface area contributed by atoms with Gasteiger partial charge in [0.25, 0.3) is 5.56 Å². The van der Waals surface area contributed by atoms with Crippen molar-refractivity contribution in [3.63, 3.8) is 0 Å². The Morgan fingerprint density at radius 3 is 2.55 bits per heavy atom. The highest BCUT2D eigenvalue weighted by atomic mass is 35.5. The lowest BCUT2D eigenvalue weighted by Crippen LogP contribution is -2.41. The number of benzene rings is 2. The SMILES string of the molecule is CC(=O)c1ccc(NC(=O)C2CCCN(c3ccc(=O)n(-c4ccc(C)c(Cl)c4)n3)C2)cc1. The zero-order chi connectivity index (χ0) is 23.5. The van der Waals surface area contributed by atoms with Crippen LogP contribution >= 0.6 is 11.6 Å². The first kappa shape index (κ1) is 22.7. The van der Waals surface area contributed by atoms with Crippen molar-refractivity contribution >= 4 is 34.8 Å². The number of amides is 1. The summed E-state index contributed by atoms with van der Waals surface area (Å²) in [5.41, 5.74) is 2.53. The Hall–Kier alpha value is -3.45. The molecule has 1 atom stereocenters. The fraction of sp³-hybridized carbons (Fsp3) is 0.280. The van der Waals surface area contributed by atoms with E-state index < -0.39 is 0 Å². The molecule has 1 aliphatic heterocycles. The molecular formula is C25H25ClN4O3. The Morgan fingerprint density at radius 2 is 1.85 bits per heavy atom. The molecule has 1 aromatic heterocycles. The van der Waals surface area contributed by atoms with Crippen molar-refractivity contribution in [2.45, 2.75) is 26.7 Å². The molecule has 1 amide bonds. The van der Waals surface area contributed by atoms with Gasteiger partial charge in [-0.2, -0.15) is 4.68 Å². The molecule has 1 saturated heterocycles. The number of aromatic nitrogens is 2. The number of hydrogen-bond acceptors (Lipinski definition) is 5. The molecule has 3 aromatic rings. The molecule has 0 spiro atoms. The van der Waals surface area contributed by atoms with E-state index >= 15 is 0 Å². The van der Waals surface area contributed by atoms with E-state index in [-0.39, 0.29) is 23.2 Å². The van der Waals surface area contributed by atoms with E-state index in [0.29, 0.717) is 34.3 Å². The van der Waals surface area contributed by atoms with Crippen molar-refractivity contribution in [3.05, 3.63) is 81.1 Å². The van der Waals surface area contributed by atoms with Crippen LogP contribution in [0.25, 0.3) is 5.69 Å². The second kappa shape index (κ2) is 9.58. The van der Waals surface area contributed by atoms with Crippen LogP contribution in [0.4, 0.5) is 11.5 Å². The Morgan fingerprint density at radius 1 is 1.09 bits per heavy atom. The molecule has 0 bridgehead atoms. The van der Waals surface area contributed by atoms with Crippen molar-refractivity contribution < 1.29 is 9.59 Å². The fourth-order valence-electron chi connectivity index (χ4n) is 3.90. The molecule has 0 saturated carbocycles. The van der Waals surface area contributed by atoms with Crippen LogP contribution in [0.2, 0.25) is 5.02 Å². The Bertz CT molecular complexity index is 1250. The first-order chi connectivity index (χ1) is 15.8. The minimum atomic E-state index is -0.251. The number of anilines is 2. The molecule has 1 N–H and O–H groups in total. The first-order valence-electron chi connectivity index (χ1n) is 10.9. The lowest BCUT2D eigenvalue weighted by molar-refractivity contribution is -0.120. The molecule has 1 fully saturated rings. The monoisotopic (exact) mass is 464 g/mol. The summed E-state index contributed by atoms with van der Waals surface area (Å²) >= 11 is 6.23. The molecule has 33 heavy (non-hydrogen) atoms. The molecule has 1 aliphatic rings. The number of piperidine rings is 1. The number of halogens is 1. The van der Waals surface area contributed by atoms with Gasteiger partial charge in [-0.1, -0.05) is 17.7 Å². The van der Waals surface area contributed by atoms with Crippen molar-refractivity contribution in [2.24, 2.45) is 5.92 Å². The number of nitrogens with zero attached hydrogens (tertiary/aromatic N) is 3. The van der Waals surface area contributed by atoms with Crippen molar-refractivity contribution in [1.29, 1.82) is 0 Å². The zero-order valence-electron chi connectivity index (χ0n) is 18.5. The maximum Gasteiger partial charge on any atom is 0.271 e. The highest BCUT2D eigenvalue weighted by molar-refractivity contribution is 6.31. The number of hydrogen-bond donors (Lipinski definition) is 1. The summed E-state index contributed by atoms with van der Waals surface area (Å²) < 4.78 is 1.33. The van der Waals surface area contributed by atoms with Crippen molar-refractivity contribution in [3.8, 4) is 5.69 Å². The molecular weight excluding hydrogens is 440 g/mol. The van der Waals surface area contributed by atoms with E-state index in [1.54, 1.807) is 36.4 Å². The number of Topliss-reactive ketones (excluding diaryl/α,β-unsaturated/α-hetero) is 1. The zero-order valence-corrected chi connectivity index (χ0v) is 19.3. The minimum absolute atomic E-state index is 0.0162. The predicted molar refractivity (Wildman–Crippen MR) is 130 cm³/mol. The van der Waals surface area contributed by atoms with E-state index in [1.807, 2.05) is 24.0 Å². The fourth-order valence-corrected chi connectivity index (χ4v) is 4.08. The summed E-state index contributed by atoms with van der Waals surface area (Å²) in [4.78, 5) is 38.8. The Labute approximate surface area is 197 Å². The number of nitrogens with one attached hydrogen (secondary N) is 1. The van der Waals surface area contributed by atoms with Crippen LogP contribution < -0.4 is 15.8 Å². The van der Waals surface area contributed by atoms with E-state index in [9.17, 15) is 14.4 Å². The number of carbonyl (C=O) groups excluding carboxylic acids is 2. The lowest BCUT2D eigenvalue weighted by Gasteiger charge is -2.33. The van der Waals surface area contributed by atoms with Gasteiger partial charge in [0.2, 0.25) is 5.91 Å². The Balaban J connectivity index is 1.50. The number of aryl methyl sites for hydroxylation is 1. The van der Waals surface area contributed by atoms with Gasteiger partial charge >= 0.3 is 0 Å². The van der Waals surface area contributed by atoms with Crippen LogP contribution in [-0.2, 0) is 4.79 Å². The molecule has 7 nitrogen and oxygen atoms in total. The molecule has 170 valence electrons. The smallest absolute Gasteiger partial charge is 0.271 e. The van der Waals surface area contributed by atoms with Gasteiger partial charge in [-0.15, -0.1) is 5.10 Å². The summed E-state index contributed by atoms with van der Waals surface area (Å²) in [6.45, 7) is 4.65. The highest BCUT2D eigenvalue weighted by Gasteiger charge is 2.27. The van der Waals surface area contributed by atoms with E-state index in [4.69, 9.17) is 11.6 Å². The normalized spacial score (nSPS) is 15.8. The molecule has 2 aromatic carbocycles. The van der Waals surface area contributed by atoms with Gasteiger partial charge in [0, 0.05) is 35.4 Å². The van der Waals surface area contributed by atoms with E-state index in [2.05, 4.69) is 10.4 Å². The molecule has 1 unspecified atom stereocenters. The lowest BCUT2D eigenvalue weighted by atomic mass is 9.97. The van der Waals surface area contributed by atoms with Crippen LogP contribution in [0.15, 0.2) is 59.4 Å². The van der Waals surface area contributed by atoms with Gasteiger partial charge < -0.3 is 10.2 Å². The molecule has 8 heteroatoms. The van der Waals surface area contributed by atoms with Crippen LogP contribution in [0, 0.1) is 12.8 Å². The molecule has 2 heterocycles. The molecule has 4 rings (SSSR count). The average molecular weight is 465 g/mol. The maximum atomic E-state index is 12.9. The summed E-state index contributed by atoms with van der Waals surface area (Å²) in [5.74, 6) is 0.322. The van der Waals surface area contributed by atoms with Gasteiger partial charge in [0.05, 0.1) is 11.6 Å². The van der Waals surface area contributed by atoms with Crippen LogP contribution in [0.5, 0.6) is 0 Å². The topological polar surface area (TPSA) is 84.3 Å². The van der Waals surface area contributed by atoms with E-state index in [1.165, 1.54) is 17.7 Å². The van der Waals surface area contributed by atoms with Gasteiger partial charge in [-0.05, 0) is 74.7 Å². The number of ketones is 1. The van der Waals surface area contributed by atoms with Gasteiger partial charge in [-0.25, -0.2) is 0 Å². The number of rotatable bonds is 5.